The summed E-state index contributed by atoms with van der Waals surface area (Å²) in [7, 11) is -3.75. The highest BCUT2D eigenvalue weighted by molar-refractivity contribution is 7.89. The zero-order chi connectivity index (χ0) is 18.4. The molecule has 0 spiro atoms. The molecule has 0 saturated carbocycles. The molecule has 1 fully saturated rings. The van der Waals surface area contributed by atoms with E-state index in [9.17, 15) is 17.6 Å². The third-order valence-electron chi connectivity index (χ3n) is 3.99. The zero-order valence-electron chi connectivity index (χ0n) is 14.6. The van der Waals surface area contributed by atoms with Gasteiger partial charge in [0.1, 0.15) is 5.82 Å². The summed E-state index contributed by atoms with van der Waals surface area (Å²) in [5, 5.41) is 2.30. The second-order valence-corrected chi connectivity index (χ2v) is 7.88. The highest BCUT2D eigenvalue weighted by atomic mass is 35.5. The number of nitrogens with one attached hydrogen (secondary N) is 1. The van der Waals surface area contributed by atoms with Crippen molar-refractivity contribution < 1.29 is 22.3 Å². The van der Waals surface area contributed by atoms with Crippen LogP contribution in [-0.4, -0.2) is 51.0 Å². The molecule has 1 saturated heterocycles. The summed E-state index contributed by atoms with van der Waals surface area (Å²) in [6.07, 6.45) is 2.01. The summed E-state index contributed by atoms with van der Waals surface area (Å²) in [5.74, 6) is -1.15. The van der Waals surface area contributed by atoms with E-state index in [0.717, 1.165) is 18.6 Å². The van der Waals surface area contributed by atoms with Crippen LogP contribution in [0.4, 0.5) is 10.1 Å². The number of benzene rings is 1. The number of nitrogens with two attached hydrogens (primary N) is 1. The van der Waals surface area contributed by atoms with E-state index in [2.05, 4.69) is 5.32 Å². The second-order valence-electron chi connectivity index (χ2n) is 5.94. The quantitative estimate of drug-likeness (QED) is 0.667. The lowest BCUT2D eigenvalue weighted by atomic mass is 10.1. The molecule has 0 unspecified atom stereocenters. The Morgan fingerprint density at radius 3 is 2.62 bits per heavy atom. The lowest BCUT2D eigenvalue weighted by Gasteiger charge is -2.31. The van der Waals surface area contributed by atoms with Crippen LogP contribution in [0.3, 0.4) is 0 Å². The van der Waals surface area contributed by atoms with E-state index in [4.69, 9.17) is 10.5 Å². The van der Waals surface area contributed by atoms with Gasteiger partial charge < -0.3 is 15.8 Å². The fraction of sp³-hybridized carbons (Fsp3) is 0.562. The van der Waals surface area contributed by atoms with Crippen molar-refractivity contribution in [3.8, 4) is 0 Å². The van der Waals surface area contributed by atoms with Gasteiger partial charge in [-0.1, -0.05) is 0 Å². The van der Waals surface area contributed by atoms with Crippen LogP contribution in [0.2, 0.25) is 0 Å². The number of anilines is 1. The van der Waals surface area contributed by atoms with Crippen molar-refractivity contribution in [2.45, 2.75) is 37.2 Å². The van der Waals surface area contributed by atoms with Crippen LogP contribution < -0.4 is 11.1 Å². The van der Waals surface area contributed by atoms with E-state index < -0.39 is 21.7 Å². The Kier molecular flexibility index (Phi) is 8.91. The van der Waals surface area contributed by atoms with Crippen LogP contribution in [0, 0.1) is 5.82 Å². The number of ether oxygens (including phenoxy) is 1. The first-order chi connectivity index (χ1) is 11.8. The number of carbonyl (C=O) groups is 1. The van der Waals surface area contributed by atoms with Crippen LogP contribution in [0.15, 0.2) is 23.1 Å². The standard InChI is InChI=1S/C16H24FN3O4S.ClH/c1-12(21)19-16-11-14(3-4-15(16)17)25(22,23)20-8-5-13(6-9-20)24-10-2-7-18;/h3-4,11,13H,2,5-10,18H2,1H3,(H,19,21);1H. The molecule has 26 heavy (non-hydrogen) atoms. The summed E-state index contributed by atoms with van der Waals surface area (Å²) < 4.78 is 46.2. The molecule has 0 aliphatic carbocycles. The Bertz CT molecular complexity index is 709. The predicted molar refractivity (Wildman–Crippen MR) is 99.4 cm³/mol. The molecule has 0 aromatic heterocycles. The summed E-state index contributed by atoms with van der Waals surface area (Å²) >= 11 is 0. The predicted octanol–water partition coefficient (Wildman–Crippen LogP) is 1.72. The average Bonchev–Trinajstić information content (AvgIpc) is 2.57. The molecule has 1 aliphatic heterocycles. The van der Waals surface area contributed by atoms with Crippen molar-refractivity contribution in [1.82, 2.24) is 4.31 Å². The number of hydrogen-bond donors (Lipinski definition) is 2. The third kappa shape index (κ3) is 5.88. The van der Waals surface area contributed by atoms with Crippen molar-refractivity contribution >= 4 is 34.0 Å². The van der Waals surface area contributed by atoms with Crippen LogP contribution in [0.1, 0.15) is 26.2 Å². The van der Waals surface area contributed by atoms with Gasteiger partial charge in [0.25, 0.3) is 0 Å². The minimum Gasteiger partial charge on any atom is -0.378 e. The first-order valence-corrected chi connectivity index (χ1v) is 9.67. The summed E-state index contributed by atoms with van der Waals surface area (Å²) in [4.78, 5) is 11.1. The lowest BCUT2D eigenvalue weighted by molar-refractivity contribution is -0.114. The first kappa shape index (κ1) is 22.8. The van der Waals surface area contributed by atoms with E-state index in [1.54, 1.807) is 0 Å². The van der Waals surface area contributed by atoms with Gasteiger partial charge in [0, 0.05) is 26.6 Å². The van der Waals surface area contributed by atoms with Crippen LogP contribution in [-0.2, 0) is 19.6 Å². The van der Waals surface area contributed by atoms with Gasteiger partial charge in [-0.2, -0.15) is 4.31 Å². The van der Waals surface area contributed by atoms with Crippen molar-refractivity contribution in [1.29, 1.82) is 0 Å². The molecule has 1 amide bonds. The van der Waals surface area contributed by atoms with E-state index in [1.807, 2.05) is 0 Å². The lowest BCUT2D eigenvalue weighted by Crippen LogP contribution is -2.41. The van der Waals surface area contributed by atoms with Crippen molar-refractivity contribution in [3.05, 3.63) is 24.0 Å². The number of halogens is 2. The molecule has 3 N–H and O–H groups in total. The molecule has 0 bridgehead atoms. The topological polar surface area (TPSA) is 102 Å². The van der Waals surface area contributed by atoms with Gasteiger partial charge in [0.15, 0.2) is 0 Å². The highest BCUT2D eigenvalue weighted by Crippen LogP contribution is 2.25. The molecular formula is C16H25ClFN3O4S. The molecule has 1 aliphatic rings. The van der Waals surface area contributed by atoms with E-state index >= 15 is 0 Å². The minimum atomic E-state index is -3.75. The average molecular weight is 410 g/mol. The molecule has 1 heterocycles. The van der Waals surface area contributed by atoms with Gasteiger partial charge in [-0.25, -0.2) is 12.8 Å². The second kappa shape index (κ2) is 10.2. The maximum atomic E-state index is 13.7. The van der Waals surface area contributed by atoms with E-state index in [1.165, 1.54) is 17.3 Å². The van der Waals surface area contributed by atoms with Crippen LogP contribution >= 0.6 is 12.4 Å². The zero-order valence-corrected chi connectivity index (χ0v) is 16.2. The number of nitrogens with zero attached hydrogens (tertiary/aromatic N) is 1. The van der Waals surface area contributed by atoms with Gasteiger partial charge in [0.2, 0.25) is 15.9 Å². The number of sulfonamides is 1. The number of rotatable bonds is 7. The Hall–Kier alpha value is -1.26. The molecule has 2 rings (SSSR count). The smallest absolute Gasteiger partial charge is 0.243 e. The normalized spacial score (nSPS) is 16.1. The molecule has 1 aromatic rings. The Morgan fingerprint density at radius 1 is 1.38 bits per heavy atom. The number of carbonyl (C=O) groups excluding carboxylic acids is 1. The van der Waals surface area contributed by atoms with Gasteiger partial charge in [-0.3, -0.25) is 4.79 Å². The molecule has 0 radical (unpaired) electrons. The number of hydrogen-bond acceptors (Lipinski definition) is 5. The van der Waals surface area contributed by atoms with E-state index in [0.29, 0.717) is 39.1 Å². The van der Waals surface area contributed by atoms with Crippen molar-refractivity contribution in [3.63, 3.8) is 0 Å². The molecule has 7 nitrogen and oxygen atoms in total. The highest BCUT2D eigenvalue weighted by Gasteiger charge is 2.30. The summed E-state index contributed by atoms with van der Waals surface area (Å²) in [6.45, 7) is 3.04. The largest absolute Gasteiger partial charge is 0.378 e. The third-order valence-corrected chi connectivity index (χ3v) is 5.88. The fourth-order valence-corrected chi connectivity index (χ4v) is 4.17. The molecule has 148 valence electrons. The number of piperidine rings is 1. The Labute approximate surface area is 159 Å². The molecular weight excluding hydrogens is 385 g/mol. The first-order valence-electron chi connectivity index (χ1n) is 8.23. The summed E-state index contributed by atoms with van der Waals surface area (Å²) in [6, 6.07) is 3.40. The Balaban J connectivity index is 0.00000338. The van der Waals surface area contributed by atoms with Crippen LogP contribution in [0.5, 0.6) is 0 Å². The molecule has 10 heteroatoms. The SMILES string of the molecule is CC(=O)Nc1cc(S(=O)(=O)N2CCC(OCCCN)CC2)ccc1F.Cl. The maximum Gasteiger partial charge on any atom is 0.243 e. The van der Waals surface area contributed by atoms with Gasteiger partial charge >= 0.3 is 0 Å². The van der Waals surface area contributed by atoms with Gasteiger partial charge in [0.05, 0.1) is 16.7 Å². The monoisotopic (exact) mass is 409 g/mol. The summed E-state index contributed by atoms with van der Waals surface area (Å²) in [5.41, 5.74) is 5.28. The maximum absolute atomic E-state index is 13.7. The molecule has 0 atom stereocenters. The van der Waals surface area contributed by atoms with Gasteiger partial charge in [-0.15, -0.1) is 12.4 Å². The van der Waals surface area contributed by atoms with Crippen molar-refractivity contribution in [2.75, 3.05) is 31.6 Å². The van der Waals surface area contributed by atoms with E-state index in [-0.39, 0.29) is 29.1 Å². The molecule has 1 aromatic carbocycles. The minimum absolute atomic E-state index is 0. The number of amides is 1. The van der Waals surface area contributed by atoms with Crippen molar-refractivity contribution in [2.24, 2.45) is 5.73 Å². The Morgan fingerprint density at radius 2 is 2.04 bits per heavy atom. The van der Waals surface area contributed by atoms with Crippen LogP contribution in [0.25, 0.3) is 0 Å². The van der Waals surface area contributed by atoms with Gasteiger partial charge in [-0.05, 0) is 44.0 Å². The fourth-order valence-electron chi connectivity index (χ4n) is 2.67.